The summed E-state index contributed by atoms with van der Waals surface area (Å²) in [5, 5.41) is 9.53. The molecule has 0 radical (unpaired) electrons. The molecule has 1 aromatic carbocycles. The molecule has 0 saturated carbocycles. The van der Waals surface area contributed by atoms with Crippen LogP contribution in [0.1, 0.15) is 16.1 Å². The number of carbonyl (C=O) groups is 1. The smallest absolute Gasteiger partial charge is 0.335 e. The van der Waals surface area contributed by atoms with Crippen LogP contribution in [-0.4, -0.2) is 30.7 Å². The SMILES string of the molecule is CS(=O)(=O)Cc1cc2cc(C(=O)O)ccc2[nH]1. The monoisotopic (exact) mass is 253 g/mol. The van der Waals surface area contributed by atoms with Gasteiger partial charge in [0.05, 0.1) is 11.3 Å². The third kappa shape index (κ3) is 2.65. The topological polar surface area (TPSA) is 87.2 Å². The van der Waals surface area contributed by atoms with Gasteiger partial charge in [-0.25, -0.2) is 13.2 Å². The van der Waals surface area contributed by atoms with E-state index in [1.807, 2.05) is 0 Å². The second-order valence-corrected chi connectivity index (χ2v) is 6.11. The molecule has 0 aliphatic heterocycles. The third-order valence-electron chi connectivity index (χ3n) is 2.34. The quantitative estimate of drug-likeness (QED) is 0.865. The number of carboxylic acid groups (broad SMARTS) is 1. The van der Waals surface area contributed by atoms with E-state index >= 15 is 0 Å². The van der Waals surface area contributed by atoms with Crippen LogP contribution in [0.3, 0.4) is 0 Å². The lowest BCUT2D eigenvalue weighted by molar-refractivity contribution is 0.0697. The zero-order valence-corrected chi connectivity index (χ0v) is 9.91. The van der Waals surface area contributed by atoms with Gasteiger partial charge in [0.2, 0.25) is 0 Å². The fraction of sp³-hybridized carbons (Fsp3) is 0.182. The summed E-state index contributed by atoms with van der Waals surface area (Å²) in [5.41, 5.74) is 1.47. The Balaban J connectivity index is 2.47. The summed E-state index contributed by atoms with van der Waals surface area (Å²) in [6.45, 7) is 0. The van der Waals surface area contributed by atoms with Gasteiger partial charge in [0.25, 0.3) is 0 Å². The largest absolute Gasteiger partial charge is 0.478 e. The van der Waals surface area contributed by atoms with Gasteiger partial charge in [-0.15, -0.1) is 0 Å². The molecular weight excluding hydrogens is 242 g/mol. The van der Waals surface area contributed by atoms with Crippen LogP contribution in [0.15, 0.2) is 24.3 Å². The van der Waals surface area contributed by atoms with E-state index in [9.17, 15) is 13.2 Å². The summed E-state index contributed by atoms with van der Waals surface area (Å²) in [5.74, 6) is -1.08. The number of aromatic amines is 1. The van der Waals surface area contributed by atoms with E-state index in [2.05, 4.69) is 4.98 Å². The molecule has 0 fully saturated rings. The van der Waals surface area contributed by atoms with E-state index in [-0.39, 0.29) is 11.3 Å². The standard InChI is InChI=1S/C11H11NO4S/c1-17(15,16)6-9-5-8-4-7(11(13)14)2-3-10(8)12-9/h2-5,12H,6H2,1H3,(H,13,14). The Bertz CT molecular complexity index is 685. The maximum atomic E-state index is 11.1. The molecule has 5 nitrogen and oxygen atoms in total. The van der Waals surface area contributed by atoms with E-state index in [4.69, 9.17) is 5.11 Å². The van der Waals surface area contributed by atoms with Crippen molar-refractivity contribution in [3.05, 3.63) is 35.5 Å². The first-order valence-electron chi connectivity index (χ1n) is 4.88. The van der Waals surface area contributed by atoms with Crippen LogP contribution < -0.4 is 0 Å². The predicted molar refractivity (Wildman–Crippen MR) is 63.8 cm³/mol. The van der Waals surface area contributed by atoms with Crippen LogP contribution in [0.2, 0.25) is 0 Å². The molecule has 0 amide bonds. The summed E-state index contributed by atoms with van der Waals surface area (Å²) < 4.78 is 22.3. The molecule has 0 aliphatic rings. The minimum Gasteiger partial charge on any atom is -0.478 e. The molecule has 17 heavy (non-hydrogen) atoms. The lowest BCUT2D eigenvalue weighted by Crippen LogP contribution is -2.00. The Kier molecular flexibility index (Phi) is 2.66. The van der Waals surface area contributed by atoms with Crippen molar-refractivity contribution >= 4 is 26.7 Å². The normalized spacial score (nSPS) is 11.8. The minimum atomic E-state index is -3.10. The third-order valence-corrected chi connectivity index (χ3v) is 3.18. The number of sulfone groups is 1. The first-order chi connectivity index (χ1) is 7.85. The number of fused-ring (bicyclic) bond motifs is 1. The Hall–Kier alpha value is -1.82. The van der Waals surface area contributed by atoms with Crippen molar-refractivity contribution in [1.29, 1.82) is 0 Å². The summed E-state index contributed by atoms with van der Waals surface area (Å²) in [7, 11) is -3.10. The van der Waals surface area contributed by atoms with Gasteiger partial charge in [-0.1, -0.05) is 0 Å². The average Bonchev–Trinajstić information content (AvgIpc) is 2.54. The highest BCUT2D eigenvalue weighted by molar-refractivity contribution is 7.89. The number of aromatic nitrogens is 1. The Labute approximate surface area is 98.0 Å². The van der Waals surface area contributed by atoms with Gasteiger partial charge in [-0.2, -0.15) is 0 Å². The number of benzene rings is 1. The molecule has 0 spiro atoms. The first-order valence-corrected chi connectivity index (χ1v) is 6.94. The van der Waals surface area contributed by atoms with E-state index in [0.29, 0.717) is 11.1 Å². The Morgan fingerprint density at radius 1 is 1.35 bits per heavy atom. The van der Waals surface area contributed by atoms with Gasteiger partial charge in [0, 0.05) is 22.9 Å². The molecule has 0 bridgehead atoms. The molecule has 6 heteroatoms. The average molecular weight is 253 g/mol. The van der Waals surface area contributed by atoms with Gasteiger partial charge < -0.3 is 10.1 Å². The molecule has 2 aromatic rings. The van der Waals surface area contributed by atoms with Crippen LogP contribution in [0.25, 0.3) is 10.9 Å². The molecule has 0 aliphatic carbocycles. The van der Waals surface area contributed by atoms with Gasteiger partial charge in [-0.05, 0) is 24.3 Å². The zero-order chi connectivity index (χ0) is 12.6. The molecule has 2 rings (SSSR count). The van der Waals surface area contributed by atoms with Crippen LogP contribution in [0.5, 0.6) is 0 Å². The van der Waals surface area contributed by atoms with Gasteiger partial charge >= 0.3 is 5.97 Å². The van der Waals surface area contributed by atoms with Crippen molar-refractivity contribution in [2.75, 3.05) is 6.26 Å². The number of nitrogens with one attached hydrogen (secondary N) is 1. The van der Waals surface area contributed by atoms with Crippen molar-refractivity contribution in [2.24, 2.45) is 0 Å². The van der Waals surface area contributed by atoms with Crippen LogP contribution in [0.4, 0.5) is 0 Å². The zero-order valence-electron chi connectivity index (χ0n) is 9.10. The minimum absolute atomic E-state index is 0.0793. The number of H-pyrrole nitrogens is 1. The van der Waals surface area contributed by atoms with Gasteiger partial charge in [0.15, 0.2) is 9.84 Å². The maximum Gasteiger partial charge on any atom is 0.335 e. The van der Waals surface area contributed by atoms with Gasteiger partial charge in [0.1, 0.15) is 0 Å². The van der Waals surface area contributed by atoms with Crippen molar-refractivity contribution in [1.82, 2.24) is 4.98 Å². The molecule has 2 N–H and O–H groups in total. The summed E-state index contributed by atoms with van der Waals surface area (Å²) in [6.07, 6.45) is 1.15. The lowest BCUT2D eigenvalue weighted by Gasteiger charge is -1.93. The Morgan fingerprint density at radius 2 is 2.06 bits per heavy atom. The molecule has 90 valence electrons. The highest BCUT2D eigenvalue weighted by Gasteiger charge is 2.09. The molecule has 0 saturated heterocycles. The van der Waals surface area contributed by atoms with Crippen molar-refractivity contribution in [3.63, 3.8) is 0 Å². The predicted octanol–water partition coefficient (Wildman–Crippen LogP) is 1.41. The number of rotatable bonds is 3. The van der Waals surface area contributed by atoms with E-state index in [1.54, 1.807) is 12.1 Å². The molecule has 0 atom stereocenters. The second kappa shape index (κ2) is 3.89. The first kappa shape index (κ1) is 11.7. The molecular formula is C11H11NO4S. The molecule has 1 heterocycles. The van der Waals surface area contributed by atoms with E-state index < -0.39 is 15.8 Å². The lowest BCUT2D eigenvalue weighted by atomic mass is 10.1. The highest BCUT2D eigenvalue weighted by Crippen LogP contribution is 2.18. The van der Waals surface area contributed by atoms with Crippen LogP contribution in [0, 0.1) is 0 Å². The molecule has 1 aromatic heterocycles. The van der Waals surface area contributed by atoms with Crippen molar-refractivity contribution in [2.45, 2.75) is 5.75 Å². The van der Waals surface area contributed by atoms with Crippen molar-refractivity contribution < 1.29 is 18.3 Å². The van der Waals surface area contributed by atoms with Crippen LogP contribution in [-0.2, 0) is 15.6 Å². The number of hydrogen-bond acceptors (Lipinski definition) is 3. The number of hydrogen-bond donors (Lipinski definition) is 2. The van der Waals surface area contributed by atoms with Crippen LogP contribution >= 0.6 is 0 Å². The summed E-state index contributed by atoms with van der Waals surface area (Å²) in [6, 6.07) is 6.28. The fourth-order valence-electron chi connectivity index (χ4n) is 1.69. The highest BCUT2D eigenvalue weighted by atomic mass is 32.2. The summed E-state index contributed by atoms with van der Waals surface area (Å²) in [4.78, 5) is 13.7. The van der Waals surface area contributed by atoms with Gasteiger partial charge in [-0.3, -0.25) is 0 Å². The molecule has 0 unspecified atom stereocenters. The second-order valence-electron chi connectivity index (χ2n) is 3.97. The fourth-order valence-corrected chi connectivity index (χ4v) is 2.41. The van der Waals surface area contributed by atoms with E-state index in [0.717, 1.165) is 11.8 Å². The number of carboxylic acids is 1. The summed E-state index contributed by atoms with van der Waals surface area (Å²) >= 11 is 0. The number of aromatic carboxylic acids is 1. The Morgan fingerprint density at radius 3 is 2.65 bits per heavy atom. The van der Waals surface area contributed by atoms with Crippen molar-refractivity contribution in [3.8, 4) is 0 Å². The maximum absolute atomic E-state index is 11.1. The van der Waals surface area contributed by atoms with E-state index in [1.165, 1.54) is 12.1 Å².